The molecule has 6 heteroatoms. The van der Waals surface area contributed by atoms with Crippen LogP contribution in [0, 0.1) is 0 Å². The number of benzene rings is 2. The molecule has 1 aromatic heterocycles. The summed E-state index contributed by atoms with van der Waals surface area (Å²) in [4.78, 5) is 1.15. The standard InChI is InChI=1S/C16H13BrN2O2S/c1-20-14-5-3-2-4-13(14)16-19-18-15(21-16)10-22-12-8-6-11(17)7-9-12/h2-9H,10H2,1H3. The average Bonchev–Trinajstić information content (AvgIpc) is 3.03. The van der Waals surface area contributed by atoms with E-state index in [-0.39, 0.29) is 0 Å². The highest BCUT2D eigenvalue weighted by atomic mass is 79.9. The van der Waals surface area contributed by atoms with Crippen LogP contribution in [0.3, 0.4) is 0 Å². The molecule has 0 saturated heterocycles. The number of hydrogen-bond donors (Lipinski definition) is 0. The van der Waals surface area contributed by atoms with Crippen LogP contribution >= 0.6 is 27.7 Å². The van der Waals surface area contributed by atoms with Crippen molar-refractivity contribution in [3.63, 3.8) is 0 Å². The van der Waals surface area contributed by atoms with Crippen LogP contribution in [0.5, 0.6) is 5.75 Å². The van der Waals surface area contributed by atoms with Gasteiger partial charge in [0.1, 0.15) is 5.75 Å². The van der Waals surface area contributed by atoms with E-state index in [1.807, 2.05) is 48.5 Å². The summed E-state index contributed by atoms with van der Waals surface area (Å²) in [7, 11) is 1.62. The second-order valence-corrected chi connectivity index (χ2v) is 6.41. The summed E-state index contributed by atoms with van der Waals surface area (Å²) in [5, 5.41) is 8.20. The largest absolute Gasteiger partial charge is 0.496 e. The molecule has 0 atom stereocenters. The van der Waals surface area contributed by atoms with Gasteiger partial charge in [-0.3, -0.25) is 0 Å². The molecule has 0 unspecified atom stereocenters. The molecule has 0 fully saturated rings. The van der Waals surface area contributed by atoms with Gasteiger partial charge in [0.2, 0.25) is 5.89 Å². The average molecular weight is 377 g/mol. The molecular formula is C16H13BrN2O2S. The number of nitrogens with zero attached hydrogens (tertiary/aromatic N) is 2. The van der Waals surface area contributed by atoms with Gasteiger partial charge in [0.15, 0.2) is 0 Å². The van der Waals surface area contributed by atoms with Crippen LogP contribution in [0.1, 0.15) is 5.89 Å². The lowest BCUT2D eigenvalue weighted by Crippen LogP contribution is -1.87. The third-order valence-electron chi connectivity index (χ3n) is 2.98. The second kappa shape index (κ2) is 6.98. The Kier molecular flexibility index (Phi) is 4.80. The number of hydrogen-bond acceptors (Lipinski definition) is 5. The molecule has 22 heavy (non-hydrogen) atoms. The molecule has 3 aromatic rings. The number of halogens is 1. The number of thioether (sulfide) groups is 1. The maximum atomic E-state index is 5.73. The number of para-hydroxylation sites is 1. The van der Waals surface area contributed by atoms with Gasteiger partial charge in [-0.25, -0.2) is 0 Å². The zero-order valence-electron chi connectivity index (χ0n) is 11.8. The summed E-state index contributed by atoms with van der Waals surface area (Å²) >= 11 is 5.07. The molecular weight excluding hydrogens is 364 g/mol. The van der Waals surface area contributed by atoms with Crippen LogP contribution in [0.25, 0.3) is 11.5 Å². The Morgan fingerprint density at radius 2 is 1.86 bits per heavy atom. The molecule has 0 bridgehead atoms. The van der Waals surface area contributed by atoms with Crippen molar-refractivity contribution in [3.05, 3.63) is 58.9 Å². The quantitative estimate of drug-likeness (QED) is 0.598. The second-order valence-electron chi connectivity index (χ2n) is 4.44. The Morgan fingerprint density at radius 1 is 1.09 bits per heavy atom. The maximum Gasteiger partial charge on any atom is 0.251 e. The minimum absolute atomic E-state index is 0.476. The van der Waals surface area contributed by atoms with Crippen molar-refractivity contribution in [2.45, 2.75) is 10.6 Å². The van der Waals surface area contributed by atoms with Crippen molar-refractivity contribution >= 4 is 27.7 Å². The molecule has 1 heterocycles. The Morgan fingerprint density at radius 3 is 2.64 bits per heavy atom. The zero-order chi connectivity index (χ0) is 15.4. The van der Waals surface area contributed by atoms with E-state index in [4.69, 9.17) is 9.15 Å². The number of aromatic nitrogens is 2. The molecule has 0 saturated carbocycles. The van der Waals surface area contributed by atoms with Gasteiger partial charge in [-0.05, 0) is 36.4 Å². The molecule has 112 valence electrons. The first kappa shape index (κ1) is 15.1. The molecule has 0 N–H and O–H groups in total. The van der Waals surface area contributed by atoms with Crippen LogP contribution < -0.4 is 4.74 Å². The van der Waals surface area contributed by atoms with Crippen LogP contribution in [-0.2, 0) is 5.75 Å². The SMILES string of the molecule is COc1ccccc1-c1nnc(CSc2ccc(Br)cc2)o1. The predicted octanol–water partition coefficient (Wildman–Crippen LogP) is 4.80. The van der Waals surface area contributed by atoms with Crippen molar-refractivity contribution < 1.29 is 9.15 Å². The molecule has 0 radical (unpaired) electrons. The van der Waals surface area contributed by atoms with E-state index < -0.39 is 0 Å². The number of rotatable bonds is 5. The molecule has 2 aromatic carbocycles. The van der Waals surface area contributed by atoms with Gasteiger partial charge in [-0.2, -0.15) is 0 Å². The van der Waals surface area contributed by atoms with Gasteiger partial charge >= 0.3 is 0 Å². The fourth-order valence-electron chi connectivity index (χ4n) is 1.92. The first-order valence-corrected chi connectivity index (χ1v) is 8.38. The highest BCUT2D eigenvalue weighted by Crippen LogP contribution is 2.30. The smallest absolute Gasteiger partial charge is 0.251 e. The first-order valence-electron chi connectivity index (χ1n) is 6.60. The van der Waals surface area contributed by atoms with Crippen molar-refractivity contribution in [1.29, 1.82) is 0 Å². The fourth-order valence-corrected chi connectivity index (χ4v) is 2.92. The molecule has 0 aliphatic carbocycles. The highest BCUT2D eigenvalue weighted by molar-refractivity contribution is 9.10. The van der Waals surface area contributed by atoms with Crippen molar-refractivity contribution in [1.82, 2.24) is 10.2 Å². The molecule has 0 amide bonds. The summed E-state index contributed by atoms with van der Waals surface area (Å²) in [5.74, 6) is 2.42. The van der Waals surface area contributed by atoms with E-state index in [2.05, 4.69) is 26.1 Å². The van der Waals surface area contributed by atoms with Crippen LogP contribution in [-0.4, -0.2) is 17.3 Å². The predicted molar refractivity (Wildman–Crippen MR) is 90.0 cm³/mol. The molecule has 0 spiro atoms. The van der Waals surface area contributed by atoms with E-state index >= 15 is 0 Å². The number of ether oxygens (including phenoxy) is 1. The minimum atomic E-state index is 0.476. The Labute approximate surface area is 141 Å². The van der Waals surface area contributed by atoms with Crippen molar-refractivity contribution in [2.75, 3.05) is 7.11 Å². The van der Waals surface area contributed by atoms with Crippen molar-refractivity contribution in [3.8, 4) is 17.2 Å². The van der Waals surface area contributed by atoms with Gasteiger partial charge in [-0.15, -0.1) is 22.0 Å². The Bertz CT molecular complexity index is 759. The molecule has 0 aliphatic heterocycles. The maximum absolute atomic E-state index is 5.73. The summed E-state index contributed by atoms with van der Waals surface area (Å²) in [6.45, 7) is 0. The van der Waals surface area contributed by atoms with Gasteiger partial charge in [0, 0.05) is 9.37 Å². The summed E-state index contributed by atoms with van der Waals surface area (Å²) in [6.07, 6.45) is 0. The van der Waals surface area contributed by atoms with E-state index in [1.165, 1.54) is 0 Å². The van der Waals surface area contributed by atoms with E-state index in [0.717, 1.165) is 20.7 Å². The minimum Gasteiger partial charge on any atom is -0.496 e. The van der Waals surface area contributed by atoms with Gasteiger partial charge in [0.05, 0.1) is 18.4 Å². The topological polar surface area (TPSA) is 48.2 Å². The molecule has 0 aliphatic rings. The fraction of sp³-hybridized carbons (Fsp3) is 0.125. The van der Waals surface area contributed by atoms with Crippen LogP contribution in [0.2, 0.25) is 0 Å². The Hall–Kier alpha value is -1.79. The van der Waals surface area contributed by atoms with Crippen LogP contribution in [0.4, 0.5) is 0 Å². The third kappa shape index (κ3) is 3.51. The lowest BCUT2D eigenvalue weighted by Gasteiger charge is -2.03. The summed E-state index contributed by atoms with van der Waals surface area (Å²) in [6, 6.07) is 15.7. The molecule has 4 nitrogen and oxygen atoms in total. The highest BCUT2D eigenvalue weighted by Gasteiger charge is 2.13. The number of methoxy groups -OCH3 is 1. The molecule has 3 rings (SSSR count). The van der Waals surface area contributed by atoms with E-state index in [9.17, 15) is 0 Å². The zero-order valence-corrected chi connectivity index (χ0v) is 14.2. The lowest BCUT2D eigenvalue weighted by molar-refractivity contribution is 0.414. The first-order chi connectivity index (χ1) is 10.8. The van der Waals surface area contributed by atoms with Gasteiger partial charge in [0.25, 0.3) is 5.89 Å². The van der Waals surface area contributed by atoms with Crippen molar-refractivity contribution in [2.24, 2.45) is 0 Å². The third-order valence-corrected chi connectivity index (χ3v) is 4.51. The lowest BCUT2D eigenvalue weighted by atomic mass is 10.2. The summed E-state index contributed by atoms with van der Waals surface area (Å²) < 4.78 is 12.1. The van der Waals surface area contributed by atoms with Gasteiger partial charge in [-0.1, -0.05) is 28.1 Å². The monoisotopic (exact) mass is 376 g/mol. The van der Waals surface area contributed by atoms with E-state index in [0.29, 0.717) is 17.5 Å². The Balaban J connectivity index is 1.72. The van der Waals surface area contributed by atoms with Crippen LogP contribution in [0.15, 0.2) is 62.3 Å². The van der Waals surface area contributed by atoms with E-state index in [1.54, 1.807) is 18.9 Å². The summed E-state index contributed by atoms with van der Waals surface area (Å²) in [5.41, 5.74) is 0.803. The normalized spacial score (nSPS) is 10.6. The van der Waals surface area contributed by atoms with Gasteiger partial charge < -0.3 is 9.15 Å².